The minimum absolute atomic E-state index is 0.705. The molecule has 1 aromatic rings. The van der Waals surface area contributed by atoms with Crippen molar-refractivity contribution in [1.82, 2.24) is 0 Å². The number of rotatable bonds is 4. The molecule has 1 unspecified atom stereocenters. The van der Waals surface area contributed by atoms with E-state index in [0.717, 1.165) is 5.92 Å². The molecule has 0 N–H and O–H groups in total. The Morgan fingerprint density at radius 2 is 1.54 bits per heavy atom. The first-order valence-corrected chi connectivity index (χ1v) is 5.34. The molecule has 1 aromatic carbocycles. The molecule has 0 heterocycles. The van der Waals surface area contributed by atoms with Gasteiger partial charge in [-0.05, 0) is 17.4 Å². The van der Waals surface area contributed by atoms with Crippen LogP contribution in [0.25, 0.3) is 0 Å². The van der Waals surface area contributed by atoms with Crippen LogP contribution < -0.4 is 0 Å². The zero-order chi connectivity index (χ0) is 9.68. The van der Waals surface area contributed by atoms with Gasteiger partial charge < -0.3 is 0 Å². The van der Waals surface area contributed by atoms with Crippen molar-refractivity contribution in [3.8, 4) is 0 Å². The average molecular weight is 176 g/mol. The molecule has 0 heteroatoms. The minimum atomic E-state index is 0.705. The monoisotopic (exact) mass is 176 g/mol. The van der Waals surface area contributed by atoms with E-state index in [0.29, 0.717) is 5.92 Å². The van der Waals surface area contributed by atoms with Gasteiger partial charge >= 0.3 is 0 Å². The van der Waals surface area contributed by atoms with E-state index in [1.807, 2.05) is 0 Å². The molecule has 1 atom stereocenters. The molecule has 0 saturated heterocycles. The molecular weight excluding hydrogens is 156 g/mol. The van der Waals surface area contributed by atoms with Gasteiger partial charge in [0.2, 0.25) is 0 Å². The summed E-state index contributed by atoms with van der Waals surface area (Å²) in [6.45, 7) is 6.91. The van der Waals surface area contributed by atoms with Crippen molar-refractivity contribution in [1.29, 1.82) is 0 Å². The first kappa shape index (κ1) is 10.3. The highest BCUT2D eigenvalue weighted by Crippen LogP contribution is 2.28. The van der Waals surface area contributed by atoms with Gasteiger partial charge in [-0.15, -0.1) is 0 Å². The van der Waals surface area contributed by atoms with Crippen LogP contribution in [-0.2, 0) is 0 Å². The summed E-state index contributed by atoms with van der Waals surface area (Å²) in [6, 6.07) is 10.8. The van der Waals surface area contributed by atoms with Crippen molar-refractivity contribution in [2.75, 3.05) is 0 Å². The summed E-state index contributed by atoms with van der Waals surface area (Å²) in [5.74, 6) is 1.54. The van der Waals surface area contributed by atoms with Gasteiger partial charge in [-0.2, -0.15) is 0 Å². The smallest absolute Gasteiger partial charge is 0.0162 e. The largest absolute Gasteiger partial charge is 0.0651 e. The normalized spacial score (nSPS) is 13.2. The van der Waals surface area contributed by atoms with Crippen LogP contribution in [0, 0.1) is 5.92 Å². The van der Waals surface area contributed by atoms with Crippen LogP contribution in [0.4, 0.5) is 0 Å². The van der Waals surface area contributed by atoms with Crippen LogP contribution in [0.1, 0.15) is 45.1 Å². The lowest BCUT2D eigenvalue weighted by molar-refractivity contribution is 0.419. The predicted molar refractivity (Wildman–Crippen MR) is 58.9 cm³/mol. The van der Waals surface area contributed by atoms with Crippen LogP contribution in [0.15, 0.2) is 30.3 Å². The van der Waals surface area contributed by atoms with Crippen LogP contribution in [0.2, 0.25) is 0 Å². The van der Waals surface area contributed by atoms with Gasteiger partial charge in [0.05, 0.1) is 0 Å². The Morgan fingerprint density at radius 1 is 1.00 bits per heavy atom. The molecule has 72 valence electrons. The highest BCUT2D eigenvalue weighted by Gasteiger charge is 2.14. The maximum absolute atomic E-state index is 2.34. The van der Waals surface area contributed by atoms with Crippen molar-refractivity contribution in [3.63, 3.8) is 0 Å². The second-order valence-electron chi connectivity index (χ2n) is 3.78. The Kier molecular flexibility index (Phi) is 4.01. The SMILES string of the molecule is CCC(CC)C(C)c1ccccc1. The zero-order valence-corrected chi connectivity index (χ0v) is 8.96. The third-order valence-electron chi connectivity index (χ3n) is 3.08. The van der Waals surface area contributed by atoms with E-state index in [1.54, 1.807) is 0 Å². The molecule has 0 aromatic heterocycles. The van der Waals surface area contributed by atoms with Gasteiger partial charge in [-0.3, -0.25) is 0 Å². The molecule has 0 aliphatic carbocycles. The molecule has 13 heavy (non-hydrogen) atoms. The summed E-state index contributed by atoms with van der Waals surface area (Å²) in [6.07, 6.45) is 2.57. The molecule has 0 amide bonds. The maximum atomic E-state index is 2.34. The van der Waals surface area contributed by atoms with Crippen molar-refractivity contribution in [2.45, 2.75) is 39.5 Å². The highest BCUT2D eigenvalue weighted by atomic mass is 14.2. The van der Waals surface area contributed by atoms with Crippen molar-refractivity contribution >= 4 is 0 Å². The molecule has 0 aliphatic heterocycles. The summed E-state index contributed by atoms with van der Waals surface area (Å²) in [7, 11) is 0. The first-order valence-electron chi connectivity index (χ1n) is 5.34. The highest BCUT2D eigenvalue weighted by molar-refractivity contribution is 5.19. The Balaban J connectivity index is 2.72. The van der Waals surface area contributed by atoms with Crippen LogP contribution in [0.3, 0.4) is 0 Å². The quantitative estimate of drug-likeness (QED) is 0.644. The topological polar surface area (TPSA) is 0 Å². The van der Waals surface area contributed by atoms with Gasteiger partial charge in [0, 0.05) is 0 Å². The third-order valence-corrected chi connectivity index (χ3v) is 3.08. The molecule has 0 fully saturated rings. The maximum Gasteiger partial charge on any atom is -0.0162 e. The predicted octanol–water partition coefficient (Wildman–Crippen LogP) is 4.23. The lowest BCUT2D eigenvalue weighted by atomic mass is 9.84. The van der Waals surface area contributed by atoms with Crippen molar-refractivity contribution < 1.29 is 0 Å². The Morgan fingerprint density at radius 3 is 2.00 bits per heavy atom. The van der Waals surface area contributed by atoms with E-state index in [-0.39, 0.29) is 0 Å². The summed E-state index contributed by atoms with van der Waals surface area (Å²) in [5, 5.41) is 0. The zero-order valence-electron chi connectivity index (χ0n) is 8.96. The second kappa shape index (κ2) is 5.06. The lowest BCUT2D eigenvalue weighted by Crippen LogP contribution is -2.07. The van der Waals surface area contributed by atoms with Crippen LogP contribution in [-0.4, -0.2) is 0 Å². The van der Waals surface area contributed by atoms with Gasteiger partial charge in [0.15, 0.2) is 0 Å². The summed E-state index contributed by atoms with van der Waals surface area (Å²) in [5.41, 5.74) is 1.48. The summed E-state index contributed by atoms with van der Waals surface area (Å²) in [4.78, 5) is 0. The fourth-order valence-electron chi connectivity index (χ4n) is 2.02. The molecule has 0 aliphatic rings. The van der Waals surface area contributed by atoms with E-state index in [9.17, 15) is 0 Å². The Hall–Kier alpha value is -0.780. The minimum Gasteiger partial charge on any atom is -0.0651 e. The number of hydrogen-bond acceptors (Lipinski definition) is 0. The molecule has 0 bridgehead atoms. The van der Waals surface area contributed by atoms with Crippen molar-refractivity contribution in [2.24, 2.45) is 5.92 Å². The third kappa shape index (κ3) is 2.58. The number of benzene rings is 1. The van der Waals surface area contributed by atoms with E-state index < -0.39 is 0 Å². The summed E-state index contributed by atoms with van der Waals surface area (Å²) >= 11 is 0. The molecule has 0 nitrogen and oxygen atoms in total. The molecule has 0 saturated carbocycles. The van der Waals surface area contributed by atoms with Gasteiger partial charge in [-0.25, -0.2) is 0 Å². The van der Waals surface area contributed by atoms with Crippen LogP contribution >= 0.6 is 0 Å². The van der Waals surface area contributed by atoms with Crippen molar-refractivity contribution in [3.05, 3.63) is 35.9 Å². The fraction of sp³-hybridized carbons (Fsp3) is 0.538. The van der Waals surface area contributed by atoms with E-state index in [2.05, 4.69) is 51.1 Å². The van der Waals surface area contributed by atoms with Gasteiger partial charge in [0.1, 0.15) is 0 Å². The van der Waals surface area contributed by atoms with E-state index in [1.165, 1.54) is 18.4 Å². The molecule has 1 rings (SSSR count). The Bertz CT molecular complexity index is 221. The van der Waals surface area contributed by atoms with Crippen LogP contribution in [0.5, 0.6) is 0 Å². The average Bonchev–Trinajstić information content (AvgIpc) is 2.21. The standard InChI is InChI=1S/C13H20/c1-4-12(5-2)11(3)13-9-7-6-8-10-13/h6-12H,4-5H2,1-3H3. The molecule has 0 spiro atoms. The lowest BCUT2D eigenvalue weighted by Gasteiger charge is -2.21. The first-order chi connectivity index (χ1) is 6.29. The van der Waals surface area contributed by atoms with E-state index in [4.69, 9.17) is 0 Å². The Labute approximate surface area is 82.0 Å². The summed E-state index contributed by atoms with van der Waals surface area (Å²) < 4.78 is 0. The number of hydrogen-bond donors (Lipinski definition) is 0. The van der Waals surface area contributed by atoms with E-state index >= 15 is 0 Å². The molecule has 0 radical (unpaired) electrons. The van der Waals surface area contributed by atoms with Gasteiger partial charge in [-0.1, -0.05) is 63.9 Å². The van der Waals surface area contributed by atoms with Gasteiger partial charge in [0.25, 0.3) is 0 Å². The molecular formula is C13H20. The second-order valence-corrected chi connectivity index (χ2v) is 3.78. The fourth-order valence-corrected chi connectivity index (χ4v) is 2.02.